The zero-order valence-corrected chi connectivity index (χ0v) is 8.85. The Morgan fingerprint density at radius 1 is 0.867 bits per heavy atom. The van der Waals surface area contributed by atoms with E-state index in [4.69, 9.17) is 11.6 Å². The summed E-state index contributed by atoms with van der Waals surface area (Å²) in [6.07, 6.45) is -0.653. The summed E-state index contributed by atoms with van der Waals surface area (Å²) in [7, 11) is 0. The van der Waals surface area contributed by atoms with E-state index in [9.17, 15) is 5.11 Å². The minimum absolute atomic E-state index is 0.592. The van der Waals surface area contributed by atoms with Gasteiger partial charge in [-0.05, 0) is 11.6 Å². The van der Waals surface area contributed by atoms with Crippen LogP contribution in [0.3, 0.4) is 0 Å². The van der Waals surface area contributed by atoms with Gasteiger partial charge in [-0.25, -0.2) is 0 Å². The van der Waals surface area contributed by atoms with E-state index in [1.807, 2.05) is 48.5 Å². The number of hydrogen-bond acceptors (Lipinski definition) is 1. The first-order chi connectivity index (χ1) is 7.29. The first kappa shape index (κ1) is 10.2. The van der Waals surface area contributed by atoms with Gasteiger partial charge in [-0.2, -0.15) is 0 Å². The fourth-order valence-corrected chi connectivity index (χ4v) is 1.75. The van der Waals surface area contributed by atoms with Crippen molar-refractivity contribution in [3.63, 3.8) is 0 Å². The smallest absolute Gasteiger partial charge is 0.105 e. The molecule has 2 rings (SSSR count). The largest absolute Gasteiger partial charge is 0.384 e. The van der Waals surface area contributed by atoms with E-state index in [-0.39, 0.29) is 0 Å². The molecule has 0 radical (unpaired) electrons. The molecule has 0 saturated heterocycles. The van der Waals surface area contributed by atoms with Gasteiger partial charge >= 0.3 is 0 Å². The minimum Gasteiger partial charge on any atom is -0.384 e. The van der Waals surface area contributed by atoms with Crippen LogP contribution in [0.1, 0.15) is 17.2 Å². The van der Waals surface area contributed by atoms with Crippen molar-refractivity contribution < 1.29 is 5.11 Å². The molecule has 2 aromatic carbocycles. The normalized spacial score (nSPS) is 12.4. The molecule has 0 fully saturated rings. The van der Waals surface area contributed by atoms with Crippen LogP contribution in [0, 0.1) is 0 Å². The molecule has 0 saturated carbocycles. The van der Waals surface area contributed by atoms with E-state index < -0.39 is 6.10 Å². The molecule has 1 nitrogen and oxygen atoms in total. The van der Waals surface area contributed by atoms with Crippen LogP contribution in [0.25, 0.3) is 0 Å². The Kier molecular flexibility index (Phi) is 3.05. The van der Waals surface area contributed by atoms with Crippen molar-refractivity contribution in [2.24, 2.45) is 0 Å². The SMILES string of the molecule is O[C@@H](c1ccccc1)c1ccccc1Cl. The summed E-state index contributed by atoms with van der Waals surface area (Å²) in [5, 5.41) is 10.7. The maximum Gasteiger partial charge on any atom is 0.105 e. The van der Waals surface area contributed by atoms with E-state index >= 15 is 0 Å². The van der Waals surface area contributed by atoms with Gasteiger partial charge in [0, 0.05) is 10.6 Å². The van der Waals surface area contributed by atoms with Crippen molar-refractivity contribution in [3.8, 4) is 0 Å². The highest BCUT2D eigenvalue weighted by molar-refractivity contribution is 6.31. The lowest BCUT2D eigenvalue weighted by atomic mass is 10.0. The van der Waals surface area contributed by atoms with Crippen molar-refractivity contribution in [1.29, 1.82) is 0 Å². The molecule has 0 bridgehead atoms. The summed E-state index contributed by atoms with van der Waals surface area (Å²) >= 11 is 6.01. The first-order valence-electron chi connectivity index (χ1n) is 4.76. The van der Waals surface area contributed by atoms with Crippen LogP contribution >= 0.6 is 11.6 Å². The third kappa shape index (κ3) is 2.20. The number of hydrogen-bond donors (Lipinski definition) is 1. The lowest BCUT2D eigenvalue weighted by molar-refractivity contribution is 0.220. The van der Waals surface area contributed by atoms with Crippen molar-refractivity contribution in [3.05, 3.63) is 70.7 Å². The van der Waals surface area contributed by atoms with Crippen LogP contribution in [0.4, 0.5) is 0 Å². The van der Waals surface area contributed by atoms with E-state index in [1.54, 1.807) is 6.07 Å². The van der Waals surface area contributed by atoms with E-state index in [1.165, 1.54) is 0 Å². The molecule has 0 amide bonds. The maximum atomic E-state index is 10.1. The summed E-state index contributed by atoms with van der Waals surface area (Å²) in [4.78, 5) is 0. The van der Waals surface area contributed by atoms with Crippen LogP contribution in [0.5, 0.6) is 0 Å². The summed E-state index contributed by atoms with van der Waals surface area (Å²) in [5.41, 5.74) is 1.59. The summed E-state index contributed by atoms with van der Waals surface area (Å²) in [5.74, 6) is 0. The van der Waals surface area contributed by atoms with Crippen LogP contribution < -0.4 is 0 Å². The van der Waals surface area contributed by atoms with Gasteiger partial charge < -0.3 is 5.11 Å². The second kappa shape index (κ2) is 4.47. The molecule has 0 heterocycles. The van der Waals surface area contributed by atoms with Crippen LogP contribution in [-0.4, -0.2) is 5.11 Å². The lowest BCUT2D eigenvalue weighted by Gasteiger charge is -2.12. The fraction of sp³-hybridized carbons (Fsp3) is 0.0769. The molecular formula is C13H11ClO. The van der Waals surface area contributed by atoms with Crippen LogP contribution in [0.2, 0.25) is 5.02 Å². The van der Waals surface area contributed by atoms with E-state index in [0.717, 1.165) is 11.1 Å². The number of aliphatic hydroxyl groups is 1. The van der Waals surface area contributed by atoms with Gasteiger partial charge in [0.1, 0.15) is 6.10 Å². The van der Waals surface area contributed by atoms with Gasteiger partial charge in [-0.15, -0.1) is 0 Å². The van der Waals surface area contributed by atoms with Crippen molar-refractivity contribution in [1.82, 2.24) is 0 Å². The molecule has 0 unspecified atom stereocenters. The molecule has 0 aliphatic carbocycles. The number of halogens is 1. The molecule has 2 heteroatoms. The van der Waals surface area contributed by atoms with E-state index in [2.05, 4.69) is 0 Å². The van der Waals surface area contributed by atoms with Gasteiger partial charge in [0.15, 0.2) is 0 Å². The number of rotatable bonds is 2. The molecule has 15 heavy (non-hydrogen) atoms. The Balaban J connectivity index is 2.37. The molecule has 0 aliphatic heterocycles. The quantitative estimate of drug-likeness (QED) is 0.819. The molecule has 1 N–H and O–H groups in total. The first-order valence-corrected chi connectivity index (χ1v) is 5.14. The van der Waals surface area contributed by atoms with Crippen LogP contribution in [-0.2, 0) is 0 Å². The van der Waals surface area contributed by atoms with Gasteiger partial charge in [0.2, 0.25) is 0 Å². The Morgan fingerprint density at radius 3 is 2.13 bits per heavy atom. The molecule has 0 aliphatic rings. The van der Waals surface area contributed by atoms with Crippen molar-refractivity contribution >= 4 is 11.6 Å². The minimum atomic E-state index is -0.653. The zero-order chi connectivity index (χ0) is 10.7. The van der Waals surface area contributed by atoms with Crippen LogP contribution in [0.15, 0.2) is 54.6 Å². The fourth-order valence-electron chi connectivity index (χ4n) is 1.51. The van der Waals surface area contributed by atoms with Gasteiger partial charge in [0.05, 0.1) is 0 Å². The monoisotopic (exact) mass is 218 g/mol. The highest BCUT2D eigenvalue weighted by Crippen LogP contribution is 2.27. The third-order valence-electron chi connectivity index (χ3n) is 2.32. The second-order valence-corrected chi connectivity index (χ2v) is 3.74. The summed E-state index contributed by atoms with van der Waals surface area (Å²) in [6, 6.07) is 16.8. The third-order valence-corrected chi connectivity index (χ3v) is 2.66. The Morgan fingerprint density at radius 2 is 1.47 bits per heavy atom. The lowest BCUT2D eigenvalue weighted by Crippen LogP contribution is -1.99. The molecule has 1 atom stereocenters. The molecule has 2 aromatic rings. The average Bonchev–Trinajstić information content (AvgIpc) is 2.30. The Bertz CT molecular complexity index is 439. The van der Waals surface area contributed by atoms with Gasteiger partial charge in [-0.3, -0.25) is 0 Å². The number of aliphatic hydroxyl groups excluding tert-OH is 1. The summed E-state index contributed by atoms with van der Waals surface area (Å²) in [6.45, 7) is 0. The summed E-state index contributed by atoms with van der Waals surface area (Å²) < 4.78 is 0. The van der Waals surface area contributed by atoms with Crippen molar-refractivity contribution in [2.45, 2.75) is 6.10 Å². The number of benzene rings is 2. The highest BCUT2D eigenvalue weighted by atomic mass is 35.5. The standard InChI is InChI=1S/C13H11ClO/c14-12-9-5-4-8-11(12)13(15)10-6-2-1-3-7-10/h1-9,13,15H/t13-/m0/s1. The molecular weight excluding hydrogens is 208 g/mol. The van der Waals surface area contributed by atoms with E-state index in [0.29, 0.717) is 5.02 Å². The highest BCUT2D eigenvalue weighted by Gasteiger charge is 2.12. The molecule has 76 valence electrons. The molecule has 0 aromatic heterocycles. The second-order valence-electron chi connectivity index (χ2n) is 3.33. The topological polar surface area (TPSA) is 20.2 Å². The Labute approximate surface area is 94.0 Å². The zero-order valence-electron chi connectivity index (χ0n) is 8.10. The maximum absolute atomic E-state index is 10.1. The predicted molar refractivity (Wildman–Crippen MR) is 62.0 cm³/mol. The van der Waals surface area contributed by atoms with Crippen molar-refractivity contribution in [2.75, 3.05) is 0 Å². The average molecular weight is 219 g/mol. The van der Waals surface area contributed by atoms with Gasteiger partial charge in [0.25, 0.3) is 0 Å². The predicted octanol–water partition coefficient (Wildman–Crippen LogP) is 3.42. The Hall–Kier alpha value is -1.31. The van der Waals surface area contributed by atoms with Gasteiger partial charge in [-0.1, -0.05) is 60.1 Å². The molecule has 0 spiro atoms.